The number of hydrogen-bond acceptors (Lipinski definition) is 5. The van der Waals surface area contributed by atoms with Crippen molar-refractivity contribution in [1.82, 2.24) is 14.4 Å². The Bertz CT molecular complexity index is 1150. The van der Waals surface area contributed by atoms with E-state index in [0.717, 1.165) is 5.69 Å². The molecule has 3 aromatic rings. The van der Waals surface area contributed by atoms with Crippen molar-refractivity contribution in [3.63, 3.8) is 0 Å². The van der Waals surface area contributed by atoms with Crippen molar-refractivity contribution in [2.75, 3.05) is 47.6 Å². The fourth-order valence-electron chi connectivity index (χ4n) is 4.25. The second kappa shape index (κ2) is 14.2. The summed E-state index contributed by atoms with van der Waals surface area (Å²) in [6.45, 7) is 6.39. The second-order valence-electron chi connectivity index (χ2n) is 9.60. The van der Waals surface area contributed by atoms with Crippen LogP contribution >= 0.6 is 0 Å². The molecular formula is C30H39N3O5. The van der Waals surface area contributed by atoms with Crippen molar-refractivity contribution in [1.29, 1.82) is 0 Å². The van der Waals surface area contributed by atoms with E-state index in [1.807, 2.05) is 50.4 Å². The zero-order valence-electron chi connectivity index (χ0n) is 23.1. The molecule has 204 valence electrons. The quantitative estimate of drug-likeness (QED) is 0.316. The van der Waals surface area contributed by atoms with Crippen molar-refractivity contribution in [2.24, 2.45) is 5.92 Å². The molecule has 0 aliphatic carbocycles. The Morgan fingerprint density at radius 2 is 1.58 bits per heavy atom. The van der Waals surface area contributed by atoms with Crippen LogP contribution in [0.2, 0.25) is 0 Å². The smallest absolute Gasteiger partial charge is 0.254 e. The monoisotopic (exact) mass is 521 g/mol. The summed E-state index contributed by atoms with van der Waals surface area (Å²) in [5, 5.41) is 0. The minimum Gasteiger partial charge on any atom is -0.497 e. The van der Waals surface area contributed by atoms with Gasteiger partial charge >= 0.3 is 0 Å². The molecule has 0 N–H and O–H groups in total. The van der Waals surface area contributed by atoms with E-state index >= 15 is 0 Å². The summed E-state index contributed by atoms with van der Waals surface area (Å²) in [6, 6.07) is 19.3. The van der Waals surface area contributed by atoms with Gasteiger partial charge in [-0.2, -0.15) is 0 Å². The van der Waals surface area contributed by atoms with Gasteiger partial charge in [-0.25, -0.2) is 0 Å². The Balaban J connectivity index is 1.81. The first kappa shape index (κ1) is 28.8. The third-order valence-corrected chi connectivity index (χ3v) is 6.19. The number of amides is 2. The lowest BCUT2D eigenvalue weighted by Gasteiger charge is -2.29. The zero-order chi connectivity index (χ0) is 27.5. The number of rotatable bonds is 14. The van der Waals surface area contributed by atoms with Crippen molar-refractivity contribution in [3.05, 3.63) is 83.7 Å². The first-order valence-corrected chi connectivity index (χ1v) is 12.8. The maximum atomic E-state index is 13.6. The van der Waals surface area contributed by atoms with E-state index in [1.54, 1.807) is 49.3 Å². The van der Waals surface area contributed by atoms with Crippen molar-refractivity contribution >= 4 is 11.8 Å². The summed E-state index contributed by atoms with van der Waals surface area (Å²) in [5.74, 6) is 0.824. The van der Waals surface area contributed by atoms with E-state index in [4.69, 9.17) is 14.2 Å². The Hall–Kier alpha value is -3.78. The highest BCUT2D eigenvalue weighted by atomic mass is 16.5. The normalized spacial score (nSPS) is 10.9. The van der Waals surface area contributed by atoms with Crippen molar-refractivity contribution in [2.45, 2.75) is 26.9 Å². The molecular weight excluding hydrogens is 482 g/mol. The second-order valence-corrected chi connectivity index (χ2v) is 9.60. The van der Waals surface area contributed by atoms with Gasteiger partial charge in [0.25, 0.3) is 5.91 Å². The molecule has 0 spiro atoms. The number of aromatic nitrogens is 1. The van der Waals surface area contributed by atoms with Gasteiger partial charge in [0, 0.05) is 50.3 Å². The predicted molar refractivity (Wildman–Crippen MR) is 148 cm³/mol. The molecule has 0 radical (unpaired) electrons. The predicted octanol–water partition coefficient (Wildman–Crippen LogP) is 4.33. The van der Waals surface area contributed by atoms with Gasteiger partial charge in [0.2, 0.25) is 5.91 Å². The average molecular weight is 522 g/mol. The largest absolute Gasteiger partial charge is 0.497 e. The minimum absolute atomic E-state index is 0.0420. The number of nitrogens with zero attached hydrogens (tertiary/aromatic N) is 3. The first-order chi connectivity index (χ1) is 18.3. The number of hydrogen-bond donors (Lipinski definition) is 0. The highest BCUT2D eigenvalue weighted by molar-refractivity contribution is 5.97. The summed E-state index contributed by atoms with van der Waals surface area (Å²) >= 11 is 0. The molecule has 1 heterocycles. The molecule has 1 aromatic heterocycles. The standard InChI is InChI=1S/C30H39N3O5/c1-23(2)19-33(30(35)25-16-27(37-4)18-28(17-25)38-5)22-29(34)32(14-15-36-3)21-26-12-9-13-31(26)20-24-10-7-6-8-11-24/h6-13,16-18,23H,14-15,19-22H2,1-5H3. The molecule has 0 aliphatic heterocycles. The Kier molecular flexibility index (Phi) is 10.8. The summed E-state index contributed by atoms with van der Waals surface area (Å²) < 4.78 is 18.1. The lowest BCUT2D eigenvalue weighted by atomic mass is 10.1. The van der Waals surface area contributed by atoms with Gasteiger partial charge in [0.15, 0.2) is 0 Å². The minimum atomic E-state index is -0.247. The number of carbonyl (C=O) groups is 2. The summed E-state index contributed by atoms with van der Waals surface area (Å²) in [6.07, 6.45) is 2.02. The molecule has 8 heteroatoms. The van der Waals surface area contributed by atoms with Crippen molar-refractivity contribution < 1.29 is 23.8 Å². The molecule has 0 saturated heterocycles. The van der Waals surface area contributed by atoms with Crippen LogP contribution in [0.25, 0.3) is 0 Å². The van der Waals surface area contributed by atoms with E-state index in [9.17, 15) is 9.59 Å². The lowest BCUT2D eigenvalue weighted by Crippen LogP contribution is -2.45. The molecule has 0 fully saturated rings. The fourth-order valence-corrected chi connectivity index (χ4v) is 4.25. The average Bonchev–Trinajstić information content (AvgIpc) is 3.36. The molecule has 8 nitrogen and oxygen atoms in total. The Morgan fingerprint density at radius 3 is 2.18 bits per heavy atom. The van der Waals surface area contributed by atoms with Crippen LogP contribution in [-0.2, 0) is 22.6 Å². The van der Waals surface area contributed by atoms with Gasteiger partial charge < -0.3 is 28.6 Å². The van der Waals surface area contributed by atoms with Gasteiger partial charge in [-0.3, -0.25) is 9.59 Å². The molecule has 3 rings (SSSR count). The van der Waals surface area contributed by atoms with Crippen LogP contribution in [-0.4, -0.2) is 73.8 Å². The van der Waals surface area contributed by atoms with Crippen LogP contribution in [0.15, 0.2) is 66.9 Å². The van der Waals surface area contributed by atoms with Crippen molar-refractivity contribution in [3.8, 4) is 11.5 Å². The van der Waals surface area contributed by atoms with E-state index in [2.05, 4.69) is 16.7 Å². The number of carbonyl (C=O) groups excluding carboxylic acids is 2. The maximum absolute atomic E-state index is 13.6. The molecule has 0 atom stereocenters. The number of benzene rings is 2. The maximum Gasteiger partial charge on any atom is 0.254 e. The summed E-state index contributed by atoms with van der Waals surface area (Å²) in [4.78, 5) is 30.6. The molecule has 2 aromatic carbocycles. The fraction of sp³-hybridized carbons (Fsp3) is 0.400. The molecule has 0 unspecified atom stereocenters. The molecule has 0 bridgehead atoms. The Labute approximate surface area is 225 Å². The third-order valence-electron chi connectivity index (χ3n) is 6.19. The molecule has 0 aliphatic rings. The van der Waals surface area contributed by atoms with Crippen LogP contribution < -0.4 is 9.47 Å². The highest BCUT2D eigenvalue weighted by Gasteiger charge is 2.25. The summed E-state index contributed by atoms with van der Waals surface area (Å²) in [5.41, 5.74) is 2.61. The summed E-state index contributed by atoms with van der Waals surface area (Å²) in [7, 11) is 4.70. The molecule has 38 heavy (non-hydrogen) atoms. The van der Waals surface area contributed by atoms with Gasteiger partial charge in [-0.15, -0.1) is 0 Å². The Morgan fingerprint density at radius 1 is 0.895 bits per heavy atom. The molecule has 2 amide bonds. The molecule has 0 saturated carbocycles. The van der Waals surface area contributed by atoms with Gasteiger partial charge in [-0.05, 0) is 35.7 Å². The highest BCUT2D eigenvalue weighted by Crippen LogP contribution is 2.24. The SMILES string of the molecule is COCCN(Cc1cccn1Cc1ccccc1)C(=O)CN(CC(C)C)C(=O)c1cc(OC)cc(OC)c1. The topological polar surface area (TPSA) is 73.2 Å². The van der Waals surface area contributed by atoms with Crippen LogP contribution in [0, 0.1) is 5.92 Å². The van der Waals surface area contributed by atoms with Gasteiger partial charge in [0.05, 0.1) is 27.4 Å². The van der Waals surface area contributed by atoms with Gasteiger partial charge in [0.1, 0.15) is 18.0 Å². The third kappa shape index (κ3) is 8.11. The lowest BCUT2D eigenvalue weighted by molar-refractivity contribution is -0.133. The van der Waals surface area contributed by atoms with Gasteiger partial charge in [-0.1, -0.05) is 44.2 Å². The van der Waals surface area contributed by atoms with Crippen LogP contribution in [0.5, 0.6) is 11.5 Å². The van der Waals surface area contributed by atoms with E-state index < -0.39 is 0 Å². The van der Waals surface area contributed by atoms with Crippen LogP contribution in [0.4, 0.5) is 0 Å². The van der Waals surface area contributed by atoms with E-state index in [-0.39, 0.29) is 24.3 Å². The number of ether oxygens (including phenoxy) is 3. The van der Waals surface area contributed by atoms with Crippen LogP contribution in [0.3, 0.4) is 0 Å². The van der Waals surface area contributed by atoms with E-state index in [0.29, 0.717) is 49.8 Å². The number of methoxy groups -OCH3 is 3. The zero-order valence-corrected chi connectivity index (χ0v) is 23.1. The van der Waals surface area contributed by atoms with Crippen LogP contribution in [0.1, 0.15) is 35.5 Å². The first-order valence-electron chi connectivity index (χ1n) is 12.8. The van der Waals surface area contributed by atoms with E-state index in [1.165, 1.54) is 5.56 Å².